The molecule has 0 spiro atoms. The van der Waals surface area contributed by atoms with E-state index in [-0.39, 0.29) is 5.22 Å². The molecule has 0 heterocycles. The Bertz CT molecular complexity index is 104. The summed E-state index contributed by atoms with van der Waals surface area (Å²) in [5, 5.41) is 0.196. The van der Waals surface area contributed by atoms with Gasteiger partial charge in [0.15, 0.2) is 5.22 Å². The van der Waals surface area contributed by atoms with Gasteiger partial charge in [-0.2, -0.15) is 0 Å². The van der Waals surface area contributed by atoms with Gasteiger partial charge in [-0.3, -0.25) is 0 Å². The Labute approximate surface area is 70.7 Å². The normalized spacial score (nSPS) is 11.7. The minimum Gasteiger partial charge on any atom is -0.480 e. The number of rotatable bonds is 5. The molecule has 0 amide bonds. The average Bonchev–Trinajstić information content (AvgIpc) is 1.98. The van der Waals surface area contributed by atoms with Gasteiger partial charge in [-0.15, -0.1) is 0 Å². The third-order valence-corrected chi connectivity index (χ3v) is 1.29. The smallest absolute Gasteiger partial charge is 0.198 e. The summed E-state index contributed by atoms with van der Waals surface area (Å²) < 4.78 is 9.84. The Morgan fingerprint density at radius 2 is 2.20 bits per heavy atom. The third kappa shape index (κ3) is 6.20. The minimum atomic E-state index is 0.196. The second kappa shape index (κ2) is 7.19. The molecule has 0 saturated heterocycles. The minimum absolute atomic E-state index is 0.196. The third-order valence-electron chi connectivity index (χ3n) is 0.758. The molecule has 10 heavy (non-hydrogen) atoms. The van der Waals surface area contributed by atoms with Crippen LogP contribution < -0.4 is 0 Å². The summed E-state index contributed by atoms with van der Waals surface area (Å²) in [6.45, 7) is 3.58. The van der Waals surface area contributed by atoms with Gasteiger partial charge in [-0.25, -0.2) is 0 Å². The van der Waals surface area contributed by atoms with E-state index < -0.39 is 0 Å². The summed E-state index contributed by atoms with van der Waals surface area (Å²) in [5.74, 6) is 0. The number of hydrogen-bond acceptors (Lipinski definition) is 2. The Kier molecular flexibility index (Phi) is 7.25. The quantitative estimate of drug-likeness (QED) is 0.483. The SMILES string of the molecule is CCOCCO/C(Cl)=C/Cl. The highest BCUT2D eigenvalue weighted by Crippen LogP contribution is 2.03. The molecule has 0 aromatic rings. The predicted octanol–water partition coefficient (Wildman–Crippen LogP) is 2.32. The summed E-state index contributed by atoms with van der Waals surface area (Å²) in [7, 11) is 0. The molecule has 0 atom stereocenters. The van der Waals surface area contributed by atoms with Gasteiger partial charge in [0.25, 0.3) is 0 Å². The number of halogens is 2. The number of hydrogen-bond donors (Lipinski definition) is 0. The van der Waals surface area contributed by atoms with Gasteiger partial charge in [-0.05, 0) is 18.5 Å². The van der Waals surface area contributed by atoms with Gasteiger partial charge in [0, 0.05) is 6.61 Å². The highest BCUT2D eigenvalue weighted by molar-refractivity contribution is 6.35. The second-order valence-corrected chi connectivity index (χ2v) is 2.05. The van der Waals surface area contributed by atoms with Crippen molar-refractivity contribution in [2.75, 3.05) is 19.8 Å². The highest BCUT2D eigenvalue weighted by Gasteiger charge is 1.89. The fourth-order valence-electron chi connectivity index (χ4n) is 0.374. The Balaban J connectivity index is 3.04. The lowest BCUT2D eigenvalue weighted by Gasteiger charge is -2.02. The molecule has 2 nitrogen and oxygen atoms in total. The van der Waals surface area contributed by atoms with Gasteiger partial charge >= 0.3 is 0 Å². The highest BCUT2D eigenvalue weighted by atomic mass is 35.5. The van der Waals surface area contributed by atoms with Crippen LogP contribution in [0.5, 0.6) is 0 Å². The second-order valence-electron chi connectivity index (χ2n) is 1.46. The maximum absolute atomic E-state index is 5.40. The molecular formula is C6H10Cl2O2. The summed E-state index contributed by atoms with van der Waals surface area (Å²) in [5.41, 5.74) is 1.17. The van der Waals surface area contributed by atoms with Gasteiger partial charge < -0.3 is 9.47 Å². The van der Waals surface area contributed by atoms with Gasteiger partial charge in [0.1, 0.15) is 6.61 Å². The Morgan fingerprint density at radius 3 is 2.70 bits per heavy atom. The molecular weight excluding hydrogens is 175 g/mol. The van der Waals surface area contributed by atoms with E-state index in [1.807, 2.05) is 6.92 Å². The molecule has 0 aliphatic carbocycles. The van der Waals surface area contributed by atoms with Crippen molar-refractivity contribution in [2.45, 2.75) is 6.92 Å². The van der Waals surface area contributed by atoms with Crippen LogP contribution in [0.2, 0.25) is 0 Å². The molecule has 4 heteroatoms. The van der Waals surface area contributed by atoms with Crippen LogP contribution in [-0.4, -0.2) is 19.8 Å². The first-order chi connectivity index (χ1) is 4.81. The van der Waals surface area contributed by atoms with E-state index in [4.69, 9.17) is 32.7 Å². The summed E-state index contributed by atoms with van der Waals surface area (Å²) >= 11 is 10.6. The van der Waals surface area contributed by atoms with Crippen LogP contribution in [0, 0.1) is 0 Å². The van der Waals surface area contributed by atoms with Crippen LogP contribution in [0.4, 0.5) is 0 Å². The van der Waals surface area contributed by atoms with Crippen molar-refractivity contribution in [2.24, 2.45) is 0 Å². The van der Waals surface area contributed by atoms with Gasteiger partial charge in [0.05, 0.1) is 12.1 Å². The topological polar surface area (TPSA) is 18.5 Å². The molecule has 0 saturated carbocycles. The van der Waals surface area contributed by atoms with Gasteiger partial charge in [-0.1, -0.05) is 11.6 Å². The van der Waals surface area contributed by atoms with Crippen LogP contribution in [0.25, 0.3) is 0 Å². The van der Waals surface area contributed by atoms with Crippen molar-refractivity contribution in [3.8, 4) is 0 Å². The lowest BCUT2D eigenvalue weighted by Crippen LogP contribution is -2.01. The monoisotopic (exact) mass is 184 g/mol. The molecule has 0 bridgehead atoms. The van der Waals surface area contributed by atoms with Crippen molar-refractivity contribution < 1.29 is 9.47 Å². The van der Waals surface area contributed by atoms with Crippen molar-refractivity contribution in [1.29, 1.82) is 0 Å². The first-order valence-corrected chi connectivity index (χ1v) is 3.79. The fraction of sp³-hybridized carbons (Fsp3) is 0.667. The molecule has 0 N–H and O–H groups in total. The van der Waals surface area contributed by atoms with Crippen molar-refractivity contribution in [1.82, 2.24) is 0 Å². The van der Waals surface area contributed by atoms with Crippen LogP contribution in [0.15, 0.2) is 10.8 Å². The van der Waals surface area contributed by atoms with Crippen LogP contribution in [-0.2, 0) is 9.47 Å². The standard InChI is InChI=1S/C6H10Cl2O2/c1-2-9-3-4-10-6(8)5-7/h5H,2-4H2,1H3/b6-5+. The molecule has 0 unspecified atom stereocenters. The largest absolute Gasteiger partial charge is 0.480 e. The lowest BCUT2D eigenvalue weighted by molar-refractivity contribution is 0.0899. The molecule has 0 fully saturated rings. The molecule has 0 rings (SSSR count). The van der Waals surface area contributed by atoms with Crippen LogP contribution >= 0.6 is 23.2 Å². The molecule has 0 radical (unpaired) electrons. The molecule has 0 aliphatic heterocycles. The number of ether oxygens (including phenoxy) is 2. The van der Waals surface area contributed by atoms with Gasteiger partial charge in [0.2, 0.25) is 0 Å². The predicted molar refractivity (Wildman–Crippen MR) is 42.2 cm³/mol. The van der Waals surface area contributed by atoms with Crippen LogP contribution in [0.1, 0.15) is 6.92 Å². The maximum Gasteiger partial charge on any atom is 0.198 e. The average molecular weight is 185 g/mol. The molecule has 0 aromatic carbocycles. The van der Waals surface area contributed by atoms with E-state index in [0.717, 1.165) is 0 Å². The molecule has 0 aliphatic rings. The van der Waals surface area contributed by atoms with E-state index in [1.165, 1.54) is 5.54 Å². The van der Waals surface area contributed by atoms with Crippen molar-refractivity contribution >= 4 is 23.2 Å². The zero-order valence-electron chi connectivity index (χ0n) is 5.77. The zero-order valence-corrected chi connectivity index (χ0v) is 7.28. The zero-order chi connectivity index (χ0) is 7.82. The first kappa shape index (κ1) is 10.1. The first-order valence-electron chi connectivity index (χ1n) is 2.97. The Morgan fingerprint density at radius 1 is 1.50 bits per heavy atom. The molecule has 60 valence electrons. The van der Waals surface area contributed by atoms with E-state index in [0.29, 0.717) is 19.8 Å². The van der Waals surface area contributed by atoms with E-state index in [9.17, 15) is 0 Å². The Hall–Kier alpha value is 0.0800. The van der Waals surface area contributed by atoms with E-state index in [1.54, 1.807) is 0 Å². The van der Waals surface area contributed by atoms with Crippen molar-refractivity contribution in [3.63, 3.8) is 0 Å². The van der Waals surface area contributed by atoms with E-state index in [2.05, 4.69) is 0 Å². The maximum atomic E-state index is 5.40. The van der Waals surface area contributed by atoms with Crippen LogP contribution in [0.3, 0.4) is 0 Å². The van der Waals surface area contributed by atoms with Crippen molar-refractivity contribution in [3.05, 3.63) is 10.8 Å². The summed E-state index contributed by atoms with van der Waals surface area (Å²) in [6, 6.07) is 0. The van der Waals surface area contributed by atoms with E-state index >= 15 is 0 Å². The summed E-state index contributed by atoms with van der Waals surface area (Å²) in [4.78, 5) is 0. The molecule has 0 aromatic heterocycles. The summed E-state index contributed by atoms with van der Waals surface area (Å²) in [6.07, 6.45) is 0. The fourth-order valence-corrected chi connectivity index (χ4v) is 0.514. The lowest BCUT2D eigenvalue weighted by atomic mass is 10.7.